The first kappa shape index (κ1) is 11.6. The molecule has 6 heteroatoms. The van der Waals surface area contributed by atoms with Crippen LogP contribution in [0.15, 0.2) is 0 Å². The lowest BCUT2D eigenvalue weighted by atomic mass is 9.92. The Kier molecular flexibility index (Phi) is 3.03. The molecule has 1 heterocycles. The van der Waals surface area contributed by atoms with E-state index in [2.05, 4.69) is 20.5 Å². The van der Waals surface area contributed by atoms with Gasteiger partial charge in [0.25, 0.3) is 5.91 Å². The Hall–Kier alpha value is -1.43. The Morgan fingerprint density at radius 1 is 1.22 bits per heavy atom. The summed E-state index contributed by atoms with van der Waals surface area (Å²) < 4.78 is 0. The summed E-state index contributed by atoms with van der Waals surface area (Å²) in [6, 6.07) is 0.517. The van der Waals surface area contributed by atoms with Gasteiger partial charge in [-0.05, 0) is 38.5 Å². The van der Waals surface area contributed by atoms with Crippen LogP contribution in [0.25, 0.3) is 0 Å². The van der Waals surface area contributed by atoms with Crippen LogP contribution in [-0.4, -0.2) is 33.2 Å². The summed E-state index contributed by atoms with van der Waals surface area (Å²) >= 11 is 0. The fourth-order valence-electron chi connectivity index (χ4n) is 2.43. The largest absolute Gasteiger partial charge is 0.347 e. The lowest BCUT2D eigenvalue weighted by molar-refractivity contribution is 0.0915. The van der Waals surface area contributed by atoms with Gasteiger partial charge >= 0.3 is 0 Å². The predicted octanol–water partition coefficient (Wildman–Crippen LogP) is 0.682. The van der Waals surface area contributed by atoms with Crippen LogP contribution in [0.2, 0.25) is 0 Å². The first-order chi connectivity index (χ1) is 8.72. The number of hydrogen-bond donors (Lipinski definition) is 3. The summed E-state index contributed by atoms with van der Waals surface area (Å²) in [5.41, 5.74) is 5.84. The fourth-order valence-corrected chi connectivity index (χ4v) is 2.43. The zero-order valence-corrected chi connectivity index (χ0v) is 10.4. The zero-order valence-electron chi connectivity index (χ0n) is 10.4. The lowest BCUT2D eigenvalue weighted by Crippen LogP contribution is -2.40. The predicted molar refractivity (Wildman–Crippen MR) is 66.1 cm³/mol. The van der Waals surface area contributed by atoms with Crippen LogP contribution in [0.1, 0.15) is 60.9 Å². The van der Waals surface area contributed by atoms with E-state index in [0.29, 0.717) is 12.0 Å². The Morgan fingerprint density at radius 2 is 1.94 bits per heavy atom. The molecule has 2 saturated carbocycles. The fraction of sp³-hybridized carbons (Fsp3) is 0.750. The highest BCUT2D eigenvalue weighted by Crippen LogP contribution is 2.37. The number of aromatic amines is 1. The number of aromatic nitrogens is 3. The number of amides is 1. The normalized spacial score (nSPS) is 28.1. The van der Waals surface area contributed by atoms with Gasteiger partial charge in [-0.1, -0.05) is 0 Å². The Morgan fingerprint density at radius 3 is 2.61 bits per heavy atom. The van der Waals surface area contributed by atoms with Gasteiger partial charge in [-0.2, -0.15) is 0 Å². The van der Waals surface area contributed by atoms with E-state index in [1.807, 2.05) is 0 Å². The minimum absolute atomic E-state index is 0.168. The monoisotopic (exact) mass is 249 g/mol. The molecule has 2 fully saturated rings. The van der Waals surface area contributed by atoms with Crippen LogP contribution in [0.3, 0.4) is 0 Å². The Balaban J connectivity index is 1.56. The molecule has 0 spiro atoms. The van der Waals surface area contributed by atoms with E-state index in [4.69, 9.17) is 5.73 Å². The van der Waals surface area contributed by atoms with Crippen molar-refractivity contribution in [3.8, 4) is 0 Å². The van der Waals surface area contributed by atoms with Crippen molar-refractivity contribution in [2.24, 2.45) is 5.73 Å². The number of nitrogens with two attached hydrogens (primary N) is 1. The van der Waals surface area contributed by atoms with E-state index >= 15 is 0 Å². The molecule has 3 rings (SSSR count). The molecule has 1 amide bonds. The second kappa shape index (κ2) is 4.68. The first-order valence-corrected chi connectivity index (χ1v) is 6.71. The maximum atomic E-state index is 12.0. The number of carbonyl (C=O) groups excluding carboxylic acids is 1. The molecule has 4 N–H and O–H groups in total. The van der Waals surface area contributed by atoms with E-state index < -0.39 is 0 Å². The zero-order chi connectivity index (χ0) is 12.5. The van der Waals surface area contributed by atoms with E-state index in [-0.39, 0.29) is 17.8 Å². The second-order valence-corrected chi connectivity index (χ2v) is 5.40. The first-order valence-electron chi connectivity index (χ1n) is 6.71. The Bertz CT molecular complexity index is 431. The summed E-state index contributed by atoms with van der Waals surface area (Å²) in [6.45, 7) is 0. The number of hydrogen-bond acceptors (Lipinski definition) is 4. The van der Waals surface area contributed by atoms with Crippen LogP contribution < -0.4 is 11.1 Å². The van der Waals surface area contributed by atoms with Gasteiger partial charge in [0.1, 0.15) is 5.82 Å². The van der Waals surface area contributed by atoms with Crippen LogP contribution in [0.4, 0.5) is 0 Å². The highest BCUT2D eigenvalue weighted by atomic mass is 16.2. The summed E-state index contributed by atoms with van der Waals surface area (Å²) in [6.07, 6.45) is 6.16. The van der Waals surface area contributed by atoms with Crippen LogP contribution in [-0.2, 0) is 0 Å². The van der Waals surface area contributed by atoms with E-state index in [0.717, 1.165) is 44.3 Å². The molecule has 0 atom stereocenters. The van der Waals surface area contributed by atoms with E-state index in [1.54, 1.807) is 0 Å². The summed E-state index contributed by atoms with van der Waals surface area (Å²) in [5, 5.41) is 9.82. The maximum absolute atomic E-state index is 12.0. The molecular formula is C12H19N5O. The quantitative estimate of drug-likeness (QED) is 0.734. The van der Waals surface area contributed by atoms with Crippen molar-refractivity contribution in [2.75, 3.05) is 0 Å². The second-order valence-electron chi connectivity index (χ2n) is 5.40. The summed E-state index contributed by atoms with van der Waals surface area (Å²) in [4.78, 5) is 16.2. The third-order valence-electron chi connectivity index (χ3n) is 3.78. The van der Waals surface area contributed by atoms with Gasteiger partial charge in [0.2, 0.25) is 5.82 Å². The van der Waals surface area contributed by atoms with Crippen molar-refractivity contribution in [1.82, 2.24) is 20.5 Å². The van der Waals surface area contributed by atoms with Gasteiger partial charge in [0.05, 0.1) is 0 Å². The smallest absolute Gasteiger partial charge is 0.291 e. The number of rotatable bonds is 3. The van der Waals surface area contributed by atoms with Crippen LogP contribution in [0.5, 0.6) is 0 Å². The van der Waals surface area contributed by atoms with Gasteiger partial charge < -0.3 is 11.1 Å². The van der Waals surface area contributed by atoms with Crippen LogP contribution >= 0.6 is 0 Å². The SMILES string of the molecule is NC1CCC(NC(=O)c2n[nH]c(C3CC3)n2)CC1. The third kappa shape index (κ3) is 2.53. The van der Waals surface area contributed by atoms with Crippen molar-refractivity contribution in [3.05, 3.63) is 11.6 Å². The van der Waals surface area contributed by atoms with Crippen molar-refractivity contribution in [2.45, 2.75) is 56.5 Å². The van der Waals surface area contributed by atoms with Crippen molar-refractivity contribution < 1.29 is 4.79 Å². The molecule has 2 aliphatic carbocycles. The molecule has 0 bridgehead atoms. The molecule has 0 unspecified atom stereocenters. The van der Waals surface area contributed by atoms with Crippen LogP contribution in [0, 0.1) is 0 Å². The van der Waals surface area contributed by atoms with Gasteiger partial charge in [-0.15, -0.1) is 5.10 Å². The van der Waals surface area contributed by atoms with Gasteiger partial charge in [-0.3, -0.25) is 9.89 Å². The molecule has 1 aromatic heterocycles. The molecular weight excluding hydrogens is 230 g/mol. The van der Waals surface area contributed by atoms with E-state index in [9.17, 15) is 4.79 Å². The maximum Gasteiger partial charge on any atom is 0.291 e. The molecule has 6 nitrogen and oxygen atoms in total. The number of nitrogens with one attached hydrogen (secondary N) is 2. The van der Waals surface area contributed by atoms with Gasteiger partial charge in [0.15, 0.2) is 0 Å². The number of nitrogens with zero attached hydrogens (tertiary/aromatic N) is 2. The Labute approximate surface area is 106 Å². The molecule has 98 valence electrons. The van der Waals surface area contributed by atoms with E-state index in [1.165, 1.54) is 0 Å². The minimum Gasteiger partial charge on any atom is -0.347 e. The van der Waals surface area contributed by atoms with Crippen molar-refractivity contribution in [3.63, 3.8) is 0 Å². The lowest BCUT2D eigenvalue weighted by Gasteiger charge is -2.26. The molecule has 1 aromatic rings. The van der Waals surface area contributed by atoms with Gasteiger partial charge in [-0.25, -0.2) is 4.98 Å². The van der Waals surface area contributed by atoms with Gasteiger partial charge in [0, 0.05) is 18.0 Å². The molecule has 0 saturated heterocycles. The topological polar surface area (TPSA) is 96.7 Å². The standard InChI is InChI=1S/C12H19N5O/c13-8-3-5-9(6-4-8)14-12(18)11-15-10(16-17-11)7-1-2-7/h7-9H,1-6,13H2,(H,14,18)(H,15,16,17). The molecule has 18 heavy (non-hydrogen) atoms. The molecule has 2 aliphatic rings. The van der Waals surface area contributed by atoms with Crippen molar-refractivity contribution in [1.29, 1.82) is 0 Å². The average molecular weight is 249 g/mol. The molecule has 0 aliphatic heterocycles. The molecule has 0 aromatic carbocycles. The minimum atomic E-state index is -0.168. The summed E-state index contributed by atoms with van der Waals surface area (Å²) in [5.74, 6) is 1.45. The summed E-state index contributed by atoms with van der Waals surface area (Å²) in [7, 11) is 0. The van der Waals surface area contributed by atoms with Crippen molar-refractivity contribution >= 4 is 5.91 Å². The third-order valence-corrected chi connectivity index (χ3v) is 3.78. The highest BCUT2D eigenvalue weighted by Gasteiger charge is 2.28. The molecule has 0 radical (unpaired) electrons. The number of carbonyl (C=O) groups is 1. The number of H-pyrrole nitrogens is 1. The average Bonchev–Trinajstić information content (AvgIpc) is 3.10. The highest BCUT2D eigenvalue weighted by molar-refractivity contribution is 5.90.